The highest BCUT2D eigenvalue weighted by molar-refractivity contribution is 6.29. The van der Waals surface area contributed by atoms with Crippen molar-refractivity contribution >= 4 is 116 Å². The van der Waals surface area contributed by atoms with Gasteiger partial charge in [0, 0.05) is 64.7 Å². The molecule has 382 valence electrons. The van der Waals surface area contributed by atoms with Crippen molar-refractivity contribution in [2.75, 3.05) is 45.0 Å². The largest absolute Gasteiger partial charge is 0.508 e. The summed E-state index contributed by atoms with van der Waals surface area (Å²) in [5, 5.41) is 57.2. The molecule has 9 rings (SSSR count). The fraction of sp³-hybridized carbons (Fsp3) is 0.100. The molecule has 0 atom stereocenters. The predicted octanol–water partition coefficient (Wildman–Crippen LogP) is 9.85. The molecule has 25 heteroatoms. The minimum atomic E-state index is -0.868. The maximum absolute atomic E-state index is 11.0. The molecule has 1 amide bonds. The Morgan fingerprint density at radius 2 is 0.987 bits per heavy atom. The van der Waals surface area contributed by atoms with Crippen molar-refractivity contribution in [2.24, 2.45) is 5.73 Å². The Labute approximate surface area is 442 Å². The molecule has 6 aromatic carbocycles. The number of nitrogens with two attached hydrogens (primary N) is 1. The summed E-state index contributed by atoms with van der Waals surface area (Å²) >= 11 is 17.8. The lowest BCUT2D eigenvalue weighted by Crippen LogP contribution is -2.11. The fourth-order valence-corrected chi connectivity index (χ4v) is 7.06. The number of phenolic OH excluding ortho intramolecular Hbond substituents is 3. The van der Waals surface area contributed by atoms with Crippen LogP contribution in [-0.4, -0.2) is 90.2 Å². The summed E-state index contributed by atoms with van der Waals surface area (Å²) < 4.78 is 0. The van der Waals surface area contributed by atoms with Crippen LogP contribution in [0, 0.1) is 0 Å². The zero-order valence-electron chi connectivity index (χ0n) is 39.2. The van der Waals surface area contributed by atoms with E-state index in [1.54, 1.807) is 66.7 Å². The second kappa shape index (κ2) is 26.4. The van der Waals surface area contributed by atoms with Crippen LogP contribution in [0.1, 0.15) is 28.8 Å². The van der Waals surface area contributed by atoms with Crippen LogP contribution in [0.15, 0.2) is 140 Å². The van der Waals surface area contributed by atoms with Gasteiger partial charge in [0.05, 0.1) is 0 Å². The molecule has 12 N–H and O–H groups in total. The molecule has 0 saturated carbocycles. The molecule has 0 aliphatic carbocycles. The maximum Gasteiger partial charge on any atom is 0.303 e. The molecular weight excluding hydrogens is 1030 g/mol. The average molecular weight is 1070 g/mol. The number of carbonyl (C=O) groups excluding carboxylic acids is 1. The van der Waals surface area contributed by atoms with Gasteiger partial charge >= 0.3 is 5.97 Å². The number of nitrogens with zero attached hydrogens (tertiary/aromatic N) is 9. The monoisotopic (exact) mass is 1070 g/mol. The van der Waals surface area contributed by atoms with Crippen molar-refractivity contribution in [2.45, 2.75) is 19.3 Å². The highest BCUT2D eigenvalue weighted by Gasteiger charge is 2.12. The molecule has 0 unspecified atom stereocenters. The van der Waals surface area contributed by atoms with Crippen molar-refractivity contribution in [1.29, 1.82) is 0 Å². The minimum absolute atomic E-state index is 0.0120. The lowest BCUT2D eigenvalue weighted by atomic mass is 10.1. The summed E-state index contributed by atoms with van der Waals surface area (Å²) in [6.07, 6.45) is 1.24. The Hall–Kier alpha value is -9.38. The smallest absolute Gasteiger partial charge is 0.303 e. The Kier molecular flexibility index (Phi) is 18.8. The fourth-order valence-electron chi connectivity index (χ4n) is 6.58. The molecule has 22 nitrogen and oxygen atoms in total. The number of hydrogen-bond donors (Lipinski definition) is 11. The van der Waals surface area contributed by atoms with Crippen molar-refractivity contribution < 1.29 is 30.0 Å². The molecule has 0 saturated heterocycles. The molecule has 0 spiro atoms. The average Bonchev–Trinajstić information content (AvgIpc) is 3.37. The molecule has 3 aromatic heterocycles. The van der Waals surface area contributed by atoms with Crippen molar-refractivity contribution in [3.8, 4) is 17.2 Å². The van der Waals surface area contributed by atoms with Crippen LogP contribution in [0.2, 0.25) is 15.9 Å². The van der Waals surface area contributed by atoms with E-state index >= 15 is 0 Å². The summed E-state index contributed by atoms with van der Waals surface area (Å²) in [5.74, 6) is 0.891. The number of phenols is 3. The number of amides is 1. The SMILES string of the molecule is NC(=O)c1ccc(Nc2nc(Cl)nc(NCCCC(=O)O)n2)cc1.Oc1ccc(CCNc2nc(Cl)nc(Nc3ccccc3)n2)cc1.Oc1cccc(Nc2nc(Cl)nc(Nc3ccc(O)c4ccccc34)n2)c1. The molecular formula is C50H45Cl3N16O6. The Morgan fingerprint density at radius 3 is 1.57 bits per heavy atom. The summed E-state index contributed by atoms with van der Waals surface area (Å²) in [6.45, 7) is 1.02. The van der Waals surface area contributed by atoms with Gasteiger partial charge < -0.3 is 58.1 Å². The van der Waals surface area contributed by atoms with Gasteiger partial charge in [-0.2, -0.15) is 44.9 Å². The highest BCUT2D eigenvalue weighted by atomic mass is 35.5. The Bertz CT molecular complexity index is 3370. The summed E-state index contributed by atoms with van der Waals surface area (Å²) in [4.78, 5) is 58.4. The van der Waals surface area contributed by atoms with Gasteiger partial charge in [0.2, 0.25) is 57.4 Å². The number of carboxylic acid groups (broad SMARTS) is 1. The third kappa shape index (κ3) is 17.1. The number of nitrogens with one attached hydrogen (secondary N) is 6. The number of aliphatic carboxylic acids is 1. The number of benzene rings is 6. The number of aromatic nitrogens is 9. The van der Waals surface area contributed by atoms with E-state index < -0.39 is 11.9 Å². The van der Waals surface area contributed by atoms with Crippen LogP contribution in [0.5, 0.6) is 17.2 Å². The first-order chi connectivity index (χ1) is 36.2. The van der Waals surface area contributed by atoms with Crippen LogP contribution in [0.4, 0.5) is 58.4 Å². The van der Waals surface area contributed by atoms with Gasteiger partial charge in [-0.15, -0.1) is 0 Å². The van der Waals surface area contributed by atoms with Crippen LogP contribution < -0.4 is 37.6 Å². The first-order valence-electron chi connectivity index (χ1n) is 22.5. The van der Waals surface area contributed by atoms with Gasteiger partial charge in [-0.25, -0.2) is 0 Å². The number of rotatable bonds is 18. The van der Waals surface area contributed by atoms with Crippen LogP contribution in [-0.2, 0) is 11.2 Å². The molecule has 0 fully saturated rings. The number of para-hydroxylation sites is 1. The van der Waals surface area contributed by atoms with Gasteiger partial charge in [-0.05, 0) is 126 Å². The Morgan fingerprint density at radius 1 is 0.480 bits per heavy atom. The first-order valence-corrected chi connectivity index (χ1v) is 23.6. The van der Waals surface area contributed by atoms with Crippen molar-refractivity contribution in [1.82, 2.24) is 44.9 Å². The van der Waals surface area contributed by atoms with Crippen LogP contribution in [0.3, 0.4) is 0 Å². The van der Waals surface area contributed by atoms with Gasteiger partial charge in [-0.1, -0.05) is 60.7 Å². The third-order valence-corrected chi connectivity index (χ3v) is 10.5. The van der Waals surface area contributed by atoms with Gasteiger partial charge in [0.25, 0.3) is 0 Å². The van der Waals surface area contributed by atoms with Crippen LogP contribution in [0.25, 0.3) is 10.8 Å². The van der Waals surface area contributed by atoms with E-state index in [4.69, 9.17) is 45.6 Å². The molecule has 0 aliphatic rings. The molecule has 9 aromatic rings. The topological polar surface area (TPSA) is 329 Å². The lowest BCUT2D eigenvalue weighted by Gasteiger charge is -2.11. The maximum atomic E-state index is 11.0. The molecule has 75 heavy (non-hydrogen) atoms. The number of aromatic hydroxyl groups is 3. The van der Waals surface area contributed by atoms with E-state index in [1.807, 2.05) is 66.7 Å². The summed E-state index contributed by atoms with van der Waals surface area (Å²) in [5.41, 5.74) is 9.50. The molecule has 0 bridgehead atoms. The normalized spacial score (nSPS) is 10.4. The number of carboxylic acids is 1. The zero-order chi connectivity index (χ0) is 53.1. The van der Waals surface area contributed by atoms with E-state index in [1.165, 1.54) is 6.07 Å². The number of primary amides is 1. The molecule has 3 heterocycles. The number of halogens is 3. The van der Waals surface area contributed by atoms with E-state index in [9.17, 15) is 24.9 Å². The highest BCUT2D eigenvalue weighted by Crippen LogP contribution is 2.32. The third-order valence-electron chi connectivity index (χ3n) is 10.0. The van der Waals surface area contributed by atoms with E-state index in [-0.39, 0.29) is 63.3 Å². The van der Waals surface area contributed by atoms with Crippen molar-refractivity contribution in [3.05, 3.63) is 167 Å². The second-order valence-electron chi connectivity index (χ2n) is 15.6. The number of carbonyl (C=O) groups is 2. The van der Waals surface area contributed by atoms with Gasteiger partial charge in [-0.3, -0.25) is 9.59 Å². The first kappa shape index (κ1) is 53.4. The van der Waals surface area contributed by atoms with Gasteiger partial charge in [0.15, 0.2) is 0 Å². The minimum Gasteiger partial charge on any atom is -0.508 e. The van der Waals surface area contributed by atoms with E-state index in [0.717, 1.165) is 23.1 Å². The van der Waals surface area contributed by atoms with Crippen molar-refractivity contribution in [3.63, 3.8) is 0 Å². The second-order valence-corrected chi connectivity index (χ2v) is 16.6. The molecule has 0 radical (unpaired) electrons. The lowest BCUT2D eigenvalue weighted by molar-refractivity contribution is -0.137. The quantitative estimate of drug-likeness (QED) is 0.0281. The van der Waals surface area contributed by atoms with E-state index in [2.05, 4.69) is 76.8 Å². The van der Waals surface area contributed by atoms with Crippen LogP contribution >= 0.6 is 34.8 Å². The number of anilines is 10. The Balaban J connectivity index is 0.000000165. The van der Waals surface area contributed by atoms with E-state index in [0.29, 0.717) is 59.4 Å². The van der Waals surface area contributed by atoms with Gasteiger partial charge in [0.1, 0.15) is 17.2 Å². The number of hydrogen-bond acceptors (Lipinski definition) is 20. The molecule has 0 aliphatic heterocycles. The standard InChI is InChI=1S/C19H14ClN5O2.C17H16ClN5O.C14H15ClN6O3/c20-17-23-18(21-11-4-3-5-12(26)10-11)25-19(24-17)22-15-8-9-16(27)14-7-2-1-6-13(14)15;18-15-21-16(19-11-10-12-6-8-14(24)9-7-12)23-17(22-15)20-13-4-2-1-3-5-13;15-12-19-13(17-7-1-2-10(22)23)21-14(20-12)18-9-5-3-8(4-6-9)11(16)24/h1-10,26-27H,(H2,21,22,23,24,25);1-9,24H,10-11H2,(H2,19,20,21,22,23);3-6H,1-2,7H2,(H2,16,24)(H,22,23)(H2,17,18,19,20,21). The zero-order valence-corrected chi connectivity index (χ0v) is 41.4. The predicted molar refractivity (Wildman–Crippen MR) is 288 cm³/mol. The summed E-state index contributed by atoms with van der Waals surface area (Å²) in [6, 6.07) is 40.4. The number of fused-ring (bicyclic) bond motifs is 1. The summed E-state index contributed by atoms with van der Waals surface area (Å²) in [7, 11) is 0.